The fraction of sp³-hybridized carbons (Fsp3) is 1.00. The van der Waals surface area contributed by atoms with Crippen molar-refractivity contribution in [2.75, 3.05) is 0 Å². The first-order chi connectivity index (χ1) is 19.5. The second kappa shape index (κ2) is 19.0. The van der Waals surface area contributed by atoms with Crippen LogP contribution < -0.4 is 0 Å². The third-order valence-electron chi connectivity index (χ3n) is 16.3. The Balaban J connectivity index is 5.29. The highest BCUT2D eigenvalue weighted by Gasteiger charge is 2.37. The lowest BCUT2D eigenvalue weighted by atomic mass is 9.63. The van der Waals surface area contributed by atoms with E-state index in [2.05, 4.69) is 152 Å². The summed E-state index contributed by atoms with van der Waals surface area (Å²) in [6.07, 6.45) is 1.36. The smallest absolute Gasteiger partial charge is 0.0386 e. The molecule has 0 aromatic carbocycles. The molecule has 0 radical (unpaired) electrons. The molecule has 0 heteroatoms. The highest BCUT2D eigenvalue weighted by Crippen LogP contribution is 2.44. The van der Waals surface area contributed by atoms with E-state index in [9.17, 15) is 0 Å². The summed E-state index contributed by atoms with van der Waals surface area (Å²) < 4.78 is 0. The largest absolute Gasteiger partial charge is 0.0625 e. The first-order valence-electron chi connectivity index (χ1n) is 19.5. The standard InChI is InChI=1S/C43H88/c1-24(2)28(7)32(11)36(15)40(19)42(21)38(17)34(13)30(9)26(5)23-27(6)31(10)35(14)39(18)43(22)41(20)37(16)33(12)29(8)25(3)4/h24-43H,23H2,1-22H3. The van der Waals surface area contributed by atoms with Gasteiger partial charge in [-0.3, -0.25) is 0 Å². The van der Waals surface area contributed by atoms with Gasteiger partial charge in [-0.05, 0) is 125 Å². The third-order valence-corrected chi connectivity index (χ3v) is 16.3. The molecule has 43 heavy (non-hydrogen) atoms. The van der Waals surface area contributed by atoms with E-state index in [1.165, 1.54) is 6.42 Å². The summed E-state index contributed by atoms with van der Waals surface area (Å²) in [4.78, 5) is 0. The summed E-state index contributed by atoms with van der Waals surface area (Å²) in [6, 6.07) is 0. The maximum Gasteiger partial charge on any atom is -0.0386 e. The molecule has 0 amide bonds. The molecule has 0 nitrogen and oxygen atoms in total. The zero-order valence-corrected chi connectivity index (χ0v) is 34.3. The number of hydrogen-bond acceptors (Lipinski definition) is 0. The van der Waals surface area contributed by atoms with Crippen molar-refractivity contribution in [3.05, 3.63) is 0 Å². The van der Waals surface area contributed by atoms with E-state index in [0.29, 0.717) is 0 Å². The Morgan fingerprint density at radius 1 is 0.186 bits per heavy atom. The quantitative estimate of drug-likeness (QED) is 0.130. The fourth-order valence-electron chi connectivity index (χ4n) is 9.01. The Kier molecular flexibility index (Phi) is 19.0. The minimum Gasteiger partial charge on any atom is -0.0625 e. The molecule has 0 spiro atoms. The summed E-state index contributed by atoms with van der Waals surface area (Å²) in [5, 5.41) is 0. The van der Waals surface area contributed by atoms with E-state index in [-0.39, 0.29) is 0 Å². The van der Waals surface area contributed by atoms with Crippen LogP contribution in [0.2, 0.25) is 0 Å². The zero-order chi connectivity index (χ0) is 34.3. The van der Waals surface area contributed by atoms with Crippen molar-refractivity contribution in [1.82, 2.24) is 0 Å². The number of rotatable bonds is 20. The van der Waals surface area contributed by atoms with Crippen molar-refractivity contribution in [3.8, 4) is 0 Å². The van der Waals surface area contributed by atoms with Gasteiger partial charge in [0.1, 0.15) is 0 Å². The van der Waals surface area contributed by atoms with Gasteiger partial charge in [0, 0.05) is 0 Å². The Morgan fingerprint density at radius 3 is 0.488 bits per heavy atom. The monoisotopic (exact) mass is 605 g/mol. The molecule has 0 N–H and O–H groups in total. The summed E-state index contributed by atoms with van der Waals surface area (Å²) in [5.41, 5.74) is 0. The third kappa shape index (κ3) is 11.6. The first kappa shape index (κ1) is 43.0. The van der Waals surface area contributed by atoms with Crippen LogP contribution in [0.1, 0.15) is 159 Å². The van der Waals surface area contributed by atoms with Crippen LogP contribution in [0.3, 0.4) is 0 Å². The van der Waals surface area contributed by atoms with Crippen molar-refractivity contribution < 1.29 is 0 Å². The van der Waals surface area contributed by atoms with Gasteiger partial charge in [-0.15, -0.1) is 0 Å². The molecule has 0 rings (SSSR count). The Bertz CT molecular complexity index is 660. The minimum absolute atomic E-state index is 0.758. The highest BCUT2D eigenvalue weighted by molar-refractivity contribution is 4.86. The van der Waals surface area contributed by atoms with Gasteiger partial charge >= 0.3 is 0 Å². The van der Waals surface area contributed by atoms with Crippen LogP contribution in [0.15, 0.2) is 0 Å². The van der Waals surface area contributed by atoms with E-state index >= 15 is 0 Å². The summed E-state index contributed by atoms with van der Waals surface area (Å²) in [6.45, 7) is 55.4. The summed E-state index contributed by atoms with van der Waals surface area (Å²) in [7, 11) is 0. The van der Waals surface area contributed by atoms with Crippen LogP contribution in [0.4, 0.5) is 0 Å². The Hall–Kier alpha value is 0. The average molecular weight is 605 g/mol. The molecule has 0 aromatic heterocycles. The van der Waals surface area contributed by atoms with Crippen molar-refractivity contribution >= 4 is 0 Å². The maximum atomic E-state index is 2.57. The molecule has 0 fully saturated rings. The van der Waals surface area contributed by atoms with Gasteiger partial charge in [0.15, 0.2) is 0 Å². The van der Waals surface area contributed by atoms with Crippen LogP contribution >= 0.6 is 0 Å². The predicted molar refractivity (Wildman–Crippen MR) is 199 cm³/mol. The molecular weight excluding hydrogens is 516 g/mol. The number of hydrogen-bond donors (Lipinski definition) is 0. The molecule has 0 saturated carbocycles. The molecule has 0 aliphatic carbocycles. The van der Waals surface area contributed by atoms with Crippen LogP contribution in [-0.2, 0) is 0 Å². The van der Waals surface area contributed by atoms with Crippen molar-refractivity contribution in [2.24, 2.45) is 118 Å². The molecule has 0 heterocycles. The normalized spacial score (nSPS) is 25.7. The lowest BCUT2D eigenvalue weighted by Crippen LogP contribution is -2.35. The topological polar surface area (TPSA) is 0 Å². The Labute approximate surface area is 276 Å². The summed E-state index contributed by atoms with van der Waals surface area (Å²) >= 11 is 0. The molecule has 260 valence electrons. The SMILES string of the molecule is CC(C)C(C)C(C)C(C)C(C)C(C)C(C)C(C)C(C)C(C)CC(C)C(C)C(C)C(C)C(C)C(C)C(C)C(C)C(C)C(C)C. The molecular formula is C43H88. The van der Waals surface area contributed by atoms with E-state index in [0.717, 1.165) is 118 Å². The van der Waals surface area contributed by atoms with Crippen molar-refractivity contribution in [1.29, 1.82) is 0 Å². The van der Waals surface area contributed by atoms with Gasteiger partial charge < -0.3 is 0 Å². The van der Waals surface area contributed by atoms with E-state index in [4.69, 9.17) is 0 Å². The van der Waals surface area contributed by atoms with Gasteiger partial charge in [-0.2, -0.15) is 0 Å². The summed E-state index contributed by atoms with van der Waals surface area (Å²) in [5.74, 6) is 15.4. The van der Waals surface area contributed by atoms with Crippen LogP contribution in [0.25, 0.3) is 0 Å². The van der Waals surface area contributed by atoms with Gasteiger partial charge in [0.2, 0.25) is 0 Å². The van der Waals surface area contributed by atoms with Crippen molar-refractivity contribution in [3.63, 3.8) is 0 Å². The van der Waals surface area contributed by atoms with E-state index < -0.39 is 0 Å². The second-order valence-corrected chi connectivity index (χ2v) is 18.4. The Morgan fingerprint density at radius 2 is 0.326 bits per heavy atom. The molecule has 0 aliphatic heterocycles. The molecule has 18 unspecified atom stereocenters. The van der Waals surface area contributed by atoms with Gasteiger partial charge in [-0.25, -0.2) is 0 Å². The molecule has 0 aromatic rings. The fourth-order valence-corrected chi connectivity index (χ4v) is 9.01. The lowest BCUT2D eigenvalue weighted by molar-refractivity contribution is 0.0673. The van der Waals surface area contributed by atoms with Crippen LogP contribution in [0.5, 0.6) is 0 Å². The molecule has 0 aliphatic rings. The van der Waals surface area contributed by atoms with Crippen LogP contribution in [-0.4, -0.2) is 0 Å². The molecule has 18 atom stereocenters. The lowest BCUT2D eigenvalue weighted by Gasteiger charge is -2.42. The second-order valence-electron chi connectivity index (χ2n) is 18.4. The predicted octanol–water partition coefficient (Wildman–Crippen LogP) is 14.1. The van der Waals surface area contributed by atoms with Gasteiger partial charge in [0.25, 0.3) is 0 Å². The molecule has 0 saturated heterocycles. The zero-order valence-electron chi connectivity index (χ0n) is 34.3. The van der Waals surface area contributed by atoms with Gasteiger partial charge in [-0.1, -0.05) is 152 Å². The maximum absolute atomic E-state index is 2.57. The van der Waals surface area contributed by atoms with E-state index in [1.54, 1.807) is 0 Å². The first-order valence-corrected chi connectivity index (χ1v) is 19.5. The van der Waals surface area contributed by atoms with E-state index in [1.807, 2.05) is 0 Å². The van der Waals surface area contributed by atoms with Gasteiger partial charge in [0.05, 0.1) is 0 Å². The highest BCUT2D eigenvalue weighted by atomic mass is 14.4. The van der Waals surface area contributed by atoms with Crippen LogP contribution in [0, 0.1) is 118 Å². The minimum atomic E-state index is 0.758. The molecule has 0 bridgehead atoms. The van der Waals surface area contributed by atoms with Crippen molar-refractivity contribution in [2.45, 2.75) is 159 Å². The average Bonchev–Trinajstić information content (AvgIpc) is 2.98.